The van der Waals surface area contributed by atoms with Gasteiger partial charge in [0.1, 0.15) is 0 Å². The van der Waals surface area contributed by atoms with Crippen molar-refractivity contribution in [3.8, 4) is 0 Å². The molecule has 0 saturated heterocycles. The summed E-state index contributed by atoms with van der Waals surface area (Å²) in [7, 11) is 3.29. The fourth-order valence-electron chi connectivity index (χ4n) is 1.07. The molecule has 0 bridgehead atoms. The highest BCUT2D eigenvalue weighted by molar-refractivity contribution is 5.77. The Hall–Kier alpha value is -0.650. The van der Waals surface area contributed by atoms with Crippen molar-refractivity contribution in [2.24, 2.45) is 5.92 Å². The molecular weight excluding hydrogens is 196 g/mol. The second-order valence-electron chi connectivity index (χ2n) is 3.53. The van der Waals surface area contributed by atoms with Gasteiger partial charge in [0.05, 0.1) is 19.8 Å². The van der Waals surface area contributed by atoms with Crippen molar-refractivity contribution in [1.82, 2.24) is 10.6 Å². The van der Waals surface area contributed by atoms with Crippen LogP contribution in [0.4, 0.5) is 0 Å². The Morgan fingerprint density at radius 2 is 2.07 bits per heavy atom. The van der Waals surface area contributed by atoms with Crippen molar-refractivity contribution >= 4 is 5.91 Å². The van der Waals surface area contributed by atoms with Crippen molar-refractivity contribution in [2.75, 3.05) is 47.1 Å². The number of hydrogen-bond donors (Lipinski definition) is 2. The van der Waals surface area contributed by atoms with Crippen LogP contribution in [0.5, 0.6) is 0 Å². The highest BCUT2D eigenvalue weighted by atomic mass is 16.5. The number of carbonyl (C=O) groups is 1. The van der Waals surface area contributed by atoms with E-state index >= 15 is 0 Å². The summed E-state index contributed by atoms with van der Waals surface area (Å²) < 4.78 is 9.81. The van der Waals surface area contributed by atoms with E-state index < -0.39 is 0 Å². The number of carbonyl (C=O) groups excluding carboxylic acids is 1. The molecule has 0 saturated carbocycles. The number of hydrogen-bond acceptors (Lipinski definition) is 4. The Morgan fingerprint density at radius 1 is 1.33 bits per heavy atom. The lowest BCUT2D eigenvalue weighted by atomic mass is 10.2. The van der Waals surface area contributed by atoms with Crippen LogP contribution in [-0.2, 0) is 14.3 Å². The van der Waals surface area contributed by atoms with Crippen molar-refractivity contribution in [3.05, 3.63) is 0 Å². The number of rotatable bonds is 9. The Balaban J connectivity index is 3.32. The molecule has 1 atom stereocenters. The van der Waals surface area contributed by atoms with Gasteiger partial charge in [-0.25, -0.2) is 0 Å². The largest absolute Gasteiger partial charge is 0.384 e. The van der Waals surface area contributed by atoms with E-state index in [9.17, 15) is 4.79 Å². The van der Waals surface area contributed by atoms with E-state index in [0.29, 0.717) is 38.8 Å². The number of amides is 1. The molecular formula is C10H22N2O3. The van der Waals surface area contributed by atoms with Crippen LogP contribution >= 0.6 is 0 Å². The van der Waals surface area contributed by atoms with Gasteiger partial charge in [-0.2, -0.15) is 0 Å². The summed E-state index contributed by atoms with van der Waals surface area (Å²) in [5, 5.41) is 5.80. The molecule has 0 rings (SSSR count). The summed E-state index contributed by atoms with van der Waals surface area (Å²) in [5.41, 5.74) is 0. The highest BCUT2D eigenvalue weighted by Crippen LogP contribution is 1.91. The van der Waals surface area contributed by atoms with Gasteiger partial charge in [0, 0.05) is 27.3 Å². The summed E-state index contributed by atoms with van der Waals surface area (Å²) >= 11 is 0. The van der Waals surface area contributed by atoms with Crippen LogP contribution in [0, 0.1) is 5.92 Å². The fourth-order valence-corrected chi connectivity index (χ4v) is 1.07. The van der Waals surface area contributed by atoms with Crippen LogP contribution < -0.4 is 10.6 Å². The maximum atomic E-state index is 11.3. The van der Waals surface area contributed by atoms with E-state index in [1.54, 1.807) is 14.2 Å². The Bertz CT molecular complexity index is 165. The van der Waals surface area contributed by atoms with Gasteiger partial charge in [-0.3, -0.25) is 4.79 Å². The molecule has 1 unspecified atom stereocenters. The smallest absolute Gasteiger partial charge is 0.233 e. The topological polar surface area (TPSA) is 59.6 Å². The molecule has 90 valence electrons. The van der Waals surface area contributed by atoms with Gasteiger partial charge < -0.3 is 20.1 Å². The zero-order chi connectivity index (χ0) is 11.5. The quantitative estimate of drug-likeness (QED) is 0.518. The standard InChI is InChI=1S/C10H22N2O3/c1-9(8-15-3)6-12-10(13)7-11-4-5-14-2/h9,11H,4-8H2,1-3H3,(H,12,13). The molecule has 0 aromatic carbocycles. The molecule has 2 N–H and O–H groups in total. The molecule has 0 aromatic rings. The zero-order valence-electron chi connectivity index (χ0n) is 9.84. The first kappa shape index (κ1) is 14.3. The third-order valence-corrected chi connectivity index (χ3v) is 1.87. The molecule has 0 radical (unpaired) electrons. The van der Waals surface area contributed by atoms with E-state index in [0.717, 1.165) is 0 Å². The maximum absolute atomic E-state index is 11.3. The fraction of sp³-hybridized carbons (Fsp3) is 0.900. The van der Waals surface area contributed by atoms with Gasteiger partial charge >= 0.3 is 0 Å². The molecule has 5 nitrogen and oxygen atoms in total. The van der Waals surface area contributed by atoms with Crippen molar-refractivity contribution in [1.29, 1.82) is 0 Å². The van der Waals surface area contributed by atoms with Gasteiger partial charge in [0.15, 0.2) is 0 Å². The number of ether oxygens (including phenoxy) is 2. The van der Waals surface area contributed by atoms with Crippen molar-refractivity contribution in [2.45, 2.75) is 6.92 Å². The lowest BCUT2D eigenvalue weighted by Gasteiger charge is -2.11. The number of nitrogens with one attached hydrogen (secondary N) is 2. The Labute approximate surface area is 91.5 Å². The molecule has 0 aliphatic heterocycles. The maximum Gasteiger partial charge on any atom is 0.233 e. The summed E-state index contributed by atoms with van der Waals surface area (Å²) in [4.78, 5) is 11.3. The van der Waals surface area contributed by atoms with Crippen LogP contribution in [0.3, 0.4) is 0 Å². The third kappa shape index (κ3) is 9.65. The lowest BCUT2D eigenvalue weighted by molar-refractivity contribution is -0.120. The van der Waals surface area contributed by atoms with Crippen molar-refractivity contribution < 1.29 is 14.3 Å². The van der Waals surface area contributed by atoms with Crippen molar-refractivity contribution in [3.63, 3.8) is 0 Å². The van der Waals surface area contributed by atoms with E-state index in [4.69, 9.17) is 9.47 Å². The normalized spacial score (nSPS) is 12.5. The molecule has 1 amide bonds. The summed E-state index contributed by atoms with van der Waals surface area (Å²) in [6, 6.07) is 0. The van der Waals surface area contributed by atoms with Gasteiger partial charge in [0.2, 0.25) is 5.91 Å². The van der Waals surface area contributed by atoms with Crippen LogP contribution in [0.15, 0.2) is 0 Å². The molecule has 0 aromatic heterocycles. The molecule has 15 heavy (non-hydrogen) atoms. The SMILES string of the molecule is COCCNCC(=O)NCC(C)COC. The summed E-state index contributed by atoms with van der Waals surface area (Å²) in [5.74, 6) is 0.354. The second kappa shape index (κ2) is 9.89. The zero-order valence-corrected chi connectivity index (χ0v) is 9.84. The van der Waals surface area contributed by atoms with Gasteiger partial charge in [0.25, 0.3) is 0 Å². The molecule has 5 heteroatoms. The van der Waals surface area contributed by atoms with E-state index in [2.05, 4.69) is 10.6 Å². The predicted octanol–water partition coefficient (Wildman–Crippen LogP) is -0.379. The third-order valence-electron chi connectivity index (χ3n) is 1.87. The minimum absolute atomic E-state index is 0.00839. The average molecular weight is 218 g/mol. The predicted molar refractivity (Wildman–Crippen MR) is 58.8 cm³/mol. The van der Waals surface area contributed by atoms with Gasteiger partial charge in [-0.1, -0.05) is 6.92 Å². The minimum Gasteiger partial charge on any atom is -0.384 e. The van der Waals surface area contributed by atoms with Gasteiger partial charge in [-0.15, -0.1) is 0 Å². The number of methoxy groups -OCH3 is 2. The van der Waals surface area contributed by atoms with Crippen LogP contribution in [0.25, 0.3) is 0 Å². The molecule has 0 spiro atoms. The molecule has 0 aliphatic rings. The van der Waals surface area contributed by atoms with E-state index in [1.165, 1.54) is 0 Å². The molecule has 0 aliphatic carbocycles. The monoisotopic (exact) mass is 218 g/mol. The van der Waals surface area contributed by atoms with Crippen LogP contribution in [-0.4, -0.2) is 53.0 Å². The second-order valence-corrected chi connectivity index (χ2v) is 3.53. The first-order valence-electron chi connectivity index (χ1n) is 5.16. The van der Waals surface area contributed by atoms with Crippen LogP contribution in [0.2, 0.25) is 0 Å². The molecule has 0 heterocycles. The van der Waals surface area contributed by atoms with E-state index in [-0.39, 0.29) is 5.91 Å². The average Bonchev–Trinajstić information content (AvgIpc) is 2.22. The van der Waals surface area contributed by atoms with E-state index in [1.807, 2.05) is 6.92 Å². The van der Waals surface area contributed by atoms with Crippen LogP contribution in [0.1, 0.15) is 6.92 Å². The Kier molecular flexibility index (Phi) is 9.46. The first-order chi connectivity index (χ1) is 7.20. The van der Waals surface area contributed by atoms with Gasteiger partial charge in [-0.05, 0) is 5.92 Å². The lowest BCUT2D eigenvalue weighted by Crippen LogP contribution is -2.37. The molecule has 0 fully saturated rings. The minimum atomic E-state index is 0.00839. The summed E-state index contributed by atoms with van der Waals surface area (Å²) in [6.45, 7) is 4.99. The summed E-state index contributed by atoms with van der Waals surface area (Å²) in [6.07, 6.45) is 0. The first-order valence-corrected chi connectivity index (χ1v) is 5.16. The highest BCUT2D eigenvalue weighted by Gasteiger charge is 2.04. The Morgan fingerprint density at radius 3 is 2.67 bits per heavy atom.